The Morgan fingerprint density at radius 1 is 1.25 bits per heavy atom. The number of aliphatic imine (C=N–C) groups is 1. The molecule has 0 radical (unpaired) electrons. The summed E-state index contributed by atoms with van der Waals surface area (Å²) in [6, 6.07) is 0. The van der Waals surface area contributed by atoms with Gasteiger partial charge in [-0.3, -0.25) is 4.99 Å². The van der Waals surface area contributed by atoms with Crippen molar-refractivity contribution in [3.05, 3.63) is 16.1 Å². The van der Waals surface area contributed by atoms with E-state index in [2.05, 4.69) is 46.8 Å². The number of aromatic nitrogens is 1. The molecule has 0 aliphatic rings. The Kier molecular flexibility index (Phi) is 12.6. The molecule has 140 valence electrons. The van der Waals surface area contributed by atoms with Gasteiger partial charge in [0.2, 0.25) is 0 Å². The predicted molar refractivity (Wildman–Crippen MR) is 112 cm³/mol. The first kappa shape index (κ1) is 23.5. The highest BCUT2D eigenvalue weighted by atomic mass is 127. The van der Waals surface area contributed by atoms with Gasteiger partial charge in [0.05, 0.1) is 25.5 Å². The summed E-state index contributed by atoms with van der Waals surface area (Å²) >= 11 is 1.68. The highest BCUT2D eigenvalue weighted by Gasteiger charge is 2.17. The number of methoxy groups -OCH3 is 1. The molecule has 1 heterocycles. The molecule has 0 amide bonds. The predicted octanol–water partition coefficient (Wildman–Crippen LogP) is 2.78. The number of thiazole rings is 1. The van der Waals surface area contributed by atoms with E-state index in [1.807, 2.05) is 0 Å². The number of nitrogens with zero attached hydrogens (tertiary/aromatic N) is 2. The normalized spacial score (nSPS) is 12.0. The molecular weight excluding hydrogens is 439 g/mol. The van der Waals surface area contributed by atoms with Crippen molar-refractivity contribution in [3.8, 4) is 0 Å². The Balaban J connectivity index is 0.00000529. The molecule has 0 saturated heterocycles. The van der Waals surface area contributed by atoms with Crippen LogP contribution in [0, 0.1) is 0 Å². The molecule has 1 aromatic heterocycles. The van der Waals surface area contributed by atoms with Crippen LogP contribution in [0.2, 0.25) is 0 Å². The average Bonchev–Trinajstić information content (AvgIpc) is 2.98. The molecule has 0 unspecified atom stereocenters. The fourth-order valence-corrected chi connectivity index (χ4v) is 2.70. The summed E-state index contributed by atoms with van der Waals surface area (Å²) in [5.74, 6) is 0.786. The zero-order valence-electron chi connectivity index (χ0n) is 15.3. The zero-order chi connectivity index (χ0) is 17.1. The van der Waals surface area contributed by atoms with Crippen LogP contribution in [0.5, 0.6) is 0 Å². The molecule has 1 rings (SSSR count). The molecule has 8 heteroatoms. The molecule has 0 aromatic carbocycles. The van der Waals surface area contributed by atoms with Crippen LogP contribution in [-0.4, -0.2) is 51.5 Å². The Morgan fingerprint density at radius 3 is 2.58 bits per heavy atom. The van der Waals surface area contributed by atoms with E-state index < -0.39 is 0 Å². The molecular formula is C16H31IN4O2S. The zero-order valence-corrected chi connectivity index (χ0v) is 18.5. The Hall–Kier alpha value is -0.450. The van der Waals surface area contributed by atoms with Crippen LogP contribution in [0.3, 0.4) is 0 Å². The van der Waals surface area contributed by atoms with Gasteiger partial charge in [0.25, 0.3) is 0 Å². The van der Waals surface area contributed by atoms with Gasteiger partial charge in [-0.25, -0.2) is 4.98 Å². The summed E-state index contributed by atoms with van der Waals surface area (Å²) in [5, 5.41) is 9.76. The summed E-state index contributed by atoms with van der Waals surface area (Å²) < 4.78 is 10.3. The number of halogens is 1. The summed E-state index contributed by atoms with van der Waals surface area (Å²) in [6.45, 7) is 10.0. The van der Waals surface area contributed by atoms with E-state index in [0.717, 1.165) is 36.2 Å². The third-order valence-corrected chi connectivity index (χ3v) is 3.99. The first-order chi connectivity index (χ1) is 11.0. The number of nitrogens with one attached hydrogen (secondary N) is 2. The fourth-order valence-electron chi connectivity index (χ4n) is 1.74. The summed E-state index contributed by atoms with van der Waals surface area (Å²) in [6.07, 6.45) is 0.926. The van der Waals surface area contributed by atoms with Crippen molar-refractivity contribution in [3.63, 3.8) is 0 Å². The largest absolute Gasteiger partial charge is 0.382 e. The van der Waals surface area contributed by atoms with Crippen molar-refractivity contribution >= 4 is 41.3 Å². The monoisotopic (exact) mass is 470 g/mol. The third kappa shape index (κ3) is 9.75. The minimum atomic E-state index is 0. The van der Waals surface area contributed by atoms with Crippen LogP contribution in [0.4, 0.5) is 0 Å². The van der Waals surface area contributed by atoms with Crippen LogP contribution >= 0.6 is 35.3 Å². The Labute approximate surface area is 166 Å². The summed E-state index contributed by atoms with van der Waals surface area (Å²) in [7, 11) is 3.44. The Morgan fingerprint density at radius 2 is 2.00 bits per heavy atom. The SMILES string of the molecule is CN=C(NCCCOCCOC)NCc1nc(C(C)(C)C)cs1.I. The van der Waals surface area contributed by atoms with Crippen molar-refractivity contribution in [2.75, 3.05) is 40.5 Å². The minimum absolute atomic E-state index is 0. The van der Waals surface area contributed by atoms with Gasteiger partial charge in [-0.15, -0.1) is 35.3 Å². The van der Waals surface area contributed by atoms with Gasteiger partial charge in [0.1, 0.15) is 5.01 Å². The van der Waals surface area contributed by atoms with E-state index >= 15 is 0 Å². The number of ether oxygens (including phenoxy) is 2. The number of hydrogen-bond acceptors (Lipinski definition) is 5. The molecule has 0 aliphatic carbocycles. The standard InChI is InChI=1S/C16H30N4O2S.HI/c1-16(2,3)13-12-23-14(20-13)11-19-15(17-4)18-7-6-8-22-10-9-21-5;/h12H,6-11H2,1-5H3,(H2,17,18,19);1H. The third-order valence-electron chi connectivity index (χ3n) is 3.14. The highest BCUT2D eigenvalue weighted by Crippen LogP contribution is 2.23. The smallest absolute Gasteiger partial charge is 0.191 e. The molecule has 24 heavy (non-hydrogen) atoms. The Bertz CT molecular complexity index is 475. The van der Waals surface area contributed by atoms with Crippen molar-refractivity contribution < 1.29 is 9.47 Å². The molecule has 1 aromatic rings. The molecule has 2 N–H and O–H groups in total. The second kappa shape index (κ2) is 12.8. The van der Waals surface area contributed by atoms with Crippen molar-refractivity contribution in [1.82, 2.24) is 15.6 Å². The van der Waals surface area contributed by atoms with Crippen molar-refractivity contribution in [2.45, 2.75) is 39.2 Å². The van der Waals surface area contributed by atoms with Crippen LogP contribution in [0.15, 0.2) is 10.4 Å². The number of rotatable bonds is 9. The van der Waals surface area contributed by atoms with E-state index in [9.17, 15) is 0 Å². The van der Waals surface area contributed by atoms with Crippen LogP contribution in [0.25, 0.3) is 0 Å². The van der Waals surface area contributed by atoms with Gasteiger partial charge in [0, 0.05) is 38.1 Å². The van der Waals surface area contributed by atoms with Crippen molar-refractivity contribution in [1.29, 1.82) is 0 Å². The molecule has 0 saturated carbocycles. The topological polar surface area (TPSA) is 67.8 Å². The molecule has 0 spiro atoms. The maximum atomic E-state index is 5.42. The first-order valence-electron chi connectivity index (χ1n) is 7.93. The van der Waals surface area contributed by atoms with E-state index in [4.69, 9.17) is 9.47 Å². The minimum Gasteiger partial charge on any atom is -0.382 e. The quantitative estimate of drug-likeness (QED) is 0.252. The van der Waals surface area contributed by atoms with Crippen LogP contribution in [-0.2, 0) is 21.4 Å². The lowest BCUT2D eigenvalue weighted by Crippen LogP contribution is -2.37. The molecule has 0 atom stereocenters. The molecule has 6 nitrogen and oxygen atoms in total. The lowest BCUT2D eigenvalue weighted by Gasteiger charge is -2.14. The van der Waals surface area contributed by atoms with Gasteiger partial charge in [0.15, 0.2) is 5.96 Å². The number of hydrogen-bond donors (Lipinski definition) is 2. The summed E-state index contributed by atoms with van der Waals surface area (Å²) in [4.78, 5) is 8.88. The van der Waals surface area contributed by atoms with Gasteiger partial charge in [-0.05, 0) is 6.42 Å². The number of guanidine groups is 1. The van der Waals surface area contributed by atoms with E-state index in [0.29, 0.717) is 19.8 Å². The second-order valence-corrected chi connectivity index (χ2v) is 7.13. The van der Waals surface area contributed by atoms with Crippen molar-refractivity contribution in [2.24, 2.45) is 4.99 Å². The average molecular weight is 470 g/mol. The van der Waals surface area contributed by atoms with Crippen LogP contribution in [0.1, 0.15) is 37.9 Å². The van der Waals surface area contributed by atoms with E-state index in [1.54, 1.807) is 25.5 Å². The highest BCUT2D eigenvalue weighted by molar-refractivity contribution is 14.0. The van der Waals surface area contributed by atoms with Gasteiger partial charge >= 0.3 is 0 Å². The lowest BCUT2D eigenvalue weighted by atomic mass is 9.93. The lowest BCUT2D eigenvalue weighted by molar-refractivity contribution is 0.0698. The molecule has 0 bridgehead atoms. The van der Waals surface area contributed by atoms with Gasteiger partial charge < -0.3 is 20.1 Å². The van der Waals surface area contributed by atoms with E-state index in [-0.39, 0.29) is 29.4 Å². The maximum absolute atomic E-state index is 5.42. The van der Waals surface area contributed by atoms with Crippen LogP contribution < -0.4 is 10.6 Å². The first-order valence-corrected chi connectivity index (χ1v) is 8.81. The molecule has 0 fully saturated rings. The van der Waals surface area contributed by atoms with Gasteiger partial charge in [-0.2, -0.15) is 0 Å². The second-order valence-electron chi connectivity index (χ2n) is 6.19. The van der Waals surface area contributed by atoms with E-state index in [1.165, 1.54) is 0 Å². The fraction of sp³-hybridized carbons (Fsp3) is 0.750. The van der Waals surface area contributed by atoms with Gasteiger partial charge in [-0.1, -0.05) is 20.8 Å². The summed E-state index contributed by atoms with van der Waals surface area (Å²) in [5.41, 5.74) is 1.23. The molecule has 0 aliphatic heterocycles. The maximum Gasteiger partial charge on any atom is 0.191 e.